The van der Waals surface area contributed by atoms with Gasteiger partial charge in [-0.15, -0.1) is 0 Å². The third-order valence-corrected chi connectivity index (χ3v) is 4.14. The molecular weight excluding hydrogens is 296 g/mol. The molecule has 0 spiro atoms. The van der Waals surface area contributed by atoms with Crippen LogP contribution in [0.25, 0.3) is 5.70 Å². The summed E-state index contributed by atoms with van der Waals surface area (Å²) >= 11 is 0. The average Bonchev–Trinajstić information content (AvgIpc) is 3.08. The summed E-state index contributed by atoms with van der Waals surface area (Å²) in [7, 11) is 0. The quantitative estimate of drug-likeness (QED) is 0.686. The number of anilines is 1. The molecule has 0 fully saturated rings. The second kappa shape index (κ2) is 6.20. The number of hydrogen-bond acceptors (Lipinski definition) is 3. The van der Waals surface area contributed by atoms with Gasteiger partial charge in [-0.25, -0.2) is 0 Å². The van der Waals surface area contributed by atoms with Crippen molar-refractivity contribution < 1.29 is 4.74 Å². The van der Waals surface area contributed by atoms with Gasteiger partial charge in [0.2, 0.25) is 6.23 Å². The summed E-state index contributed by atoms with van der Waals surface area (Å²) in [5.74, 6) is 0. The van der Waals surface area contributed by atoms with E-state index in [9.17, 15) is 0 Å². The van der Waals surface area contributed by atoms with Crippen molar-refractivity contribution in [3.63, 3.8) is 0 Å². The van der Waals surface area contributed by atoms with Crippen LogP contribution >= 0.6 is 0 Å². The Morgan fingerprint density at radius 1 is 0.917 bits per heavy atom. The second-order valence-electron chi connectivity index (χ2n) is 5.85. The number of pyridine rings is 1. The van der Waals surface area contributed by atoms with E-state index >= 15 is 0 Å². The molecule has 2 heterocycles. The van der Waals surface area contributed by atoms with E-state index in [1.807, 2.05) is 36.6 Å². The highest BCUT2D eigenvalue weighted by Crippen LogP contribution is 2.40. The van der Waals surface area contributed by atoms with Gasteiger partial charge in [0, 0.05) is 29.2 Å². The van der Waals surface area contributed by atoms with Gasteiger partial charge in [-0.2, -0.15) is 0 Å². The fourth-order valence-corrected chi connectivity index (χ4v) is 3.00. The van der Waals surface area contributed by atoms with Crippen LogP contribution in [-0.2, 0) is 4.74 Å². The molecule has 0 saturated carbocycles. The minimum absolute atomic E-state index is 0.189. The molecule has 1 unspecified atom stereocenters. The summed E-state index contributed by atoms with van der Waals surface area (Å²) in [6.07, 6.45) is 5.26. The molecule has 1 aliphatic heterocycles. The zero-order valence-electron chi connectivity index (χ0n) is 13.5. The predicted molar refractivity (Wildman–Crippen MR) is 96.1 cm³/mol. The Labute approximate surface area is 141 Å². The monoisotopic (exact) mass is 314 g/mol. The molecule has 0 amide bonds. The van der Waals surface area contributed by atoms with E-state index in [2.05, 4.69) is 53.2 Å². The molecule has 2 aromatic carbocycles. The van der Waals surface area contributed by atoms with Crippen molar-refractivity contribution in [3.8, 4) is 0 Å². The van der Waals surface area contributed by atoms with Crippen molar-refractivity contribution in [2.75, 3.05) is 4.90 Å². The fraction of sp³-hybridized carbons (Fsp3) is 0.0952. The first-order chi connectivity index (χ1) is 11.8. The Morgan fingerprint density at radius 3 is 2.46 bits per heavy atom. The van der Waals surface area contributed by atoms with Crippen LogP contribution in [0.5, 0.6) is 0 Å². The van der Waals surface area contributed by atoms with Crippen LogP contribution < -0.4 is 4.90 Å². The van der Waals surface area contributed by atoms with E-state index in [0.29, 0.717) is 0 Å². The minimum Gasteiger partial charge on any atom is -0.471 e. The van der Waals surface area contributed by atoms with Crippen molar-refractivity contribution in [1.82, 2.24) is 4.98 Å². The lowest BCUT2D eigenvalue weighted by Crippen LogP contribution is -2.23. The van der Waals surface area contributed by atoms with Crippen molar-refractivity contribution in [2.24, 2.45) is 0 Å². The summed E-state index contributed by atoms with van der Waals surface area (Å²) in [6.45, 7) is 2.10. The Kier molecular flexibility index (Phi) is 3.75. The van der Waals surface area contributed by atoms with Crippen LogP contribution in [0.1, 0.15) is 22.9 Å². The van der Waals surface area contributed by atoms with E-state index in [-0.39, 0.29) is 6.23 Å². The van der Waals surface area contributed by atoms with E-state index < -0.39 is 0 Å². The fourth-order valence-electron chi connectivity index (χ4n) is 3.00. The number of nitrogens with zero attached hydrogens (tertiary/aromatic N) is 2. The lowest BCUT2D eigenvalue weighted by atomic mass is 10.1. The topological polar surface area (TPSA) is 25.4 Å². The molecule has 0 aliphatic carbocycles. The average molecular weight is 314 g/mol. The zero-order valence-corrected chi connectivity index (χ0v) is 13.5. The normalized spacial score (nSPS) is 16.6. The lowest BCUT2D eigenvalue weighted by molar-refractivity contribution is 0.174. The predicted octanol–water partition coefficient (Wildman–Crippen LogP) is 4.92. The van der Waals surface area contributed by atoms with Gasteiger partial charge in [-0.1, -0.05) is 42.0 Å². The summed E-state index contributed by atoms with van der Waals surface area (Å²) in [6, 6.07) is 22.8. The van der Waals surface area contributed by atoms with Crippen LogP contribution in [0.2, 0.25) is 0 Å². The van der Waals surface area contributed by atoms with Crippen LogP contribution in [-0.4, -0.2) is 4.98 Å². The highest BCUT2D eigenvalue weighted by Gasteiger charge is 2.31. The maximum Gasteiger partial charge on any atom is 0.202 e. The van der Waals surface area contributed by atoms with Crippen LogP contribution in [0, 0.1) is 6.92 Å². The molecule has 0 N–H and O–H groups in total. The zero-order chi connectivity index (χ0) is 16.4. The van der Waals surface area contributed by atoms with Crippen molar-refractivity contribution in [3.05, 3.63) is 102 Å². The van der Waals surface area contributed by atoms with Gasteiger partial charge in [0.25, 0.3) is 0 Å². The number of para-hydroxylation sites is 1. The van der Waals surface area contributed by atoms with E-state index in [1.165, 1.54) is 5.56 Å². The van der Waals surface area contributed by atoms with Crippen LogP contribution in [0.4, 0.5) is 5.69 Å². The number of benzene rings is 2. The molecule has 4 rings (SSSR count). The molecule has 118 valence electrons. The molecule has 0 saturated heterocycles. The number of aromatic nitrogens is 1. The van der Waals surface area contributed by atoms with Gasteiger partial charge in [-0.3, -0.25) is 9.88 Å². The van der Waals surface area contributed by atoms with Crippen molar-refractivity contribution in [1.29, 1.82) is 0 Å². The SMILES string of the molecule is Cc1cccc(C2=COC(c3ccncc3)N2c2ccccc2)c1. The number of aryl methyl sites for hydroxylation is 1. The minimum atomic E-state index is -0.189. The van der Waals surface area contributed by atoms with Crippen molar-refractivity contribution in [2.45, 2.75) is 13.2 Å². The second-order valence-corrected chi connectivity index (χ2v) is 5.85. The molecule has 3 aromatic rings. The Morgan fingerprint density at radius 2 is 1.71 bits per heavy atom. The van der Waals surface area contributed by atoms with Crippen molar-refractivity contribution >= 4 is 11.4 Å². The first-order valence-electron chi connectivity index (χ1n) is 8.00. The number of hydrogen-bond donors (Lipinski definition) is 0. The standard InChI is InChI=1S/C21H18N2O/c1-16-6-5-7-18(14-16)20-15-24-21(17-10-12-22-13-11-17)23(20)19-8-3-2-4-9-19/h2-15,21H,1H3. The van der Waals surface area contributed by atoms with Gasteiger partial charge in [-0.05, 0) is 37.3 Å². The molecule has 0 bridgehead atoms. The number of ether oxygens (including phenoxy) is 1. The number of rotatable bonds is 3. The summed E-state index contributed by atoms with van der Waals surface area (Å²) in [5.41, 5.74) is 5.62. The third kappa shape index (κ3) is 2.65. The largest absolute Gasteiger partial charge is 0.471 e. The Balaban J connectivity index is 1.79. The summed E-state index contributed by atoms with van der Waals surface area (Å²) in [5, 5.41) is 0. The highest BCUT2D eigenvalue weighted by atomic mass is 16.5. The van der Waals surface area contributed by atoms with Crippen LogP contribution in [0.15, 0.2) is 85.4 Å². The summed E-state index contributed by atoms with van der Waals surface area (Å²) < 4.78 is 6.05. The van der Waals surface area contributed by atoms with Gasteiger partial charge < -0.3 is 4.74 Å². The molecule has 1 atom stereocenters. The molecule has 0 radical (unpaired) electrons. The maximum absolute atomic E-state index is 6.05. The molecule has 24 heavy (non-hydrogen) atoms. The van der Waals surface area contributed by atoms with E-state index in [4.69, 9.17) is 4.74 Å². The lowest BCUT2D eigenvalue weighted by Gasteiger charge is -2.28. The van der Waals surface area contributed by atoms with Gasteiger partial charge in [0.05, 0.1) is 5.70 Å². The summed E-state index contributed by atoms with van der Waals surface area (Å²) in [4.78, 5) is 6.34. The van der Waals surface area contributed by atoms with Crippen LogP contribution in [0.3, 0.4) is 0 Å². The molecule has 1 aliphatic rings. The maximum atomic E-state index is 6.05. The Bertz CT molecular complexity index is 859. The molecular formula is C21H18N2O. The highest BCUT2D eigenvalue weighted by molar-refractivity contribution is 5.81. The smallest absolute Gasteiger partial charge is 0.202 e. The first-order valence-corrected chi connectivity index (χ1v) is 8.00. The first kappa shape index (κ1) is 14.5. The van der Waals surface area contributed by atoms with Gasteiger partial charge in [0.15, 0.2) is 0 Å². The van der Waals surface area contributed by atoms with Gasteiger partial charge >= 0.3 is 0 Å². The van der Waals surface area contributed by atoms with E-state index in [1.54, 1.807) is 12.4 Å². The Hall–Kier alpha value is -3.07. The molecule has 3 heteroatoms. The molecule has 3 nitrogen and oxygen atoms in total. The molecule has 1 aromatic heterocycles. The third-order valence-electron chi connectivity index (χ3n) is 4.14. The van der Waals surface area contributed by atoms with E-state index in [0.717, 1.165) is 22.5 Å². The van der Waals surface area contributed by atoms with Gasteiger partial charge in [0.1, 0.15) is 6.26 Å².